The maximum absolute atomic E-state index is 12.4. The Kier molecular flexibility index (Phi) is 4.35. The van der Waals surface area contributed by atoms with Crippen LogP contribution in [0.5, 0.6) is 5.75 Å². The number of carbonyl (C=O) groups is 1. The van der Waals surface area contributed by atoms with Crippen molar-refractivity contribution in [1.29, 1.82) is 0 Å². The molecule has 0 spiro atoms. The average molecular weight is 381 g/mol. The van der Waals surface area contributed by atoms with Crippen LogP contribution in [0.15, 0.2) is 30.3 Å². The molecule has 3 heterocycles. The SMILES string of the molecule is Cc1cc(C)nc(-n2nc(C)c3c2NC(=O)CS[C@H]3c2cccc(O)c2)n1. The van der Waals surface area contributed by atoms with E-state index in [9.17, 15) is 9.90 Å². The largest absolute Gasteiger partial charge is 0.508 e. The van der Waals surface area contributed by atoms with E-state index in [1.54, 1.807) is 22.9 Å². The van der Waals surface area contributed by atoms with E-state index in [-0.39, 0.29) is 16.9 Å². The molecule has 0 saturated carbocycles. The number of benzene rings is 1. The highest BCUT2D eigenvalue weighted by atomic mass is 32.2. The van der Waals surface area contributed by atoms with Crippen molar-refractivity contribution in [2.24, 2.45) is 0 Å². The molecular weight excluding hydrogens is 362 g/mol. The van der Waals surface area contributed by atoms with Gasteiger partial charge < -0.3 is 10.4 Å². The number of anilines is 1. The second-order valence-corrected chi connectivity index (χ2v) is 7.64. The fourth-order valence-electron chi connectivity index (χ4n) is 3.28. The number of aromatic hydroxyl groups is 1. The van der Waals surface area contributed by atoms with Gasteiger partial charge in [0.1, 0.15) is 11.6 Å². The zero-order valence-electron chi connectivity index (χ0n) is 15.2. The molecule has 0 saturated heterocycles. The Morgan fingerprint density at radius 3 is 2.63 bits per heavy atom. The molecule has 3 aromatic rings. The first-order valence-corrected chi connectivity index (χ1v) is 9.60. The van der Waals surface area contributed by atoms with Crippen molar-refractivity contribution in [3.63, 3.8) is 0 Å². The molecule has 1 amide bonds. The number of hydrogen-bond donors (Lipinski definition) is 2. The molecule has 7 nitrogen and oxygen atoms in total. The van der Waals surface area contributed by atoms with E-state index in [1.165, 1.54) is 11.8 Å². The summed E-state index contributed by atoms with van der Waals surface area (Å²) in [4.78, 5) is 21.3. The van der Waals surface area contributed by atoms with Gasteiger partial charge in [0.15, 0.2) is 0 Å². The number of nitrogens with zero attached hydrogens (tertiary/aromatic N) is 4. The van der Waals surface area contributed by atoms with Gasteiger partial charge in [0.05, 0.1) is 16.7 Å². The van der Waals surface area contributed by atoms with Crippen LogP contribution in [0, 0.1) is 20.8 Å². The molecule has 0 unspecified atom stereocenters. The van der Waals surface area contributed by atoms with E-state index < -0.39 is 0 Å². The van der Waals surface area contributed by atoms with E-state index in [0.717, 1.165) is 28.2 Å². The monoisotopic (exact) mass is 381 g/mol. The number of fused-ring (bicyclic) bond motifs is 1. The Morgan fingerprint density at radius 2 is 1.93 bits per heavy atom. The number of amides is 1. The van der Waals surface area contributed by atoms with Gasteiger partial charge in [-0.05, 0) is 44.5 Å². The van der Waals surface area contributed by atoms with Gasteiger partial charge in [0.2, 0.25) is 5.91 Å². The fourth-order valence-corrected chi connectivity index (χ4v) is 4.46. The van der Waals surface area contributed by atoms with Crippen molar-refractivity contribution in [2.75, 3.05) is 11.1 Å². The quantitative estimate of drug-likeness (QED) is 0.709. The molecule has 1 atom stereocenters. The van der Waals surface area contributed by atoms with Gasteiger partial charge in [-0.1, -0.05) is 12.1 Å². The van der Waals surface area contributed by atoms with Gasteiger partial charge >= 0.3 is 0 Å². The van der Waals surface area contributed by atoms with Crippen LogP contribution in [0.4, 0.5) is 5.82 Å². The summed E-state index contributed by atoms with van der Waals surface area (Å²) in [5.41, 5.74) is 4.27. The van der Waals surface area contributed by atoms with E-state index in [1.807, 2.05) is 32.9 Å². The molecule has 27 heavy (non-hydrogen) atoms. The van der Waals surface area contributed by atoms with Gasteiger partial charge in [0.25, 0.3) is 5.95 Å². The van der Waals surface area contributed by atoms with E-state index in [2.05, 4.69) is 20.4 Å². The average Bonchev–Trinajstić information content (AvgIpc) is 2.81. The van der Waals surface area contributed by atoms with E-state index in [0.29, 0.717) is 17.5 Å². The minimum absolute atomic E-state index is 0.102. The number of phenolic OH excluding ortho intramolecular Hbond substituents is 1. The van der Waals surface area contributed by atoms with Gasteiger partial charge in [-0.25, -0.2) is 9.97 Å². The van der Waals surface area contributed by atoms with E-state index in [4.69, 9.17) is 0 Å². The molecule has 1 aliphatic heterocycles. The number of phenols is 1. The van der Waals surface area contributed by atoms with Gasteiger partial charge in [-0.3, -0.25) is 4.79 Å². The van der Waals surface area contributed by atoms with Crippen molar-refractivity contribution in [1.82, 2.24) is 19.7 Å². The predicted octanol–water partition coefficient (Wildman–Crippen LogP) is 3.07. The highest BCUT2D eigenvalue weighted by molar-refractivity contribution is 8.00. The minimum atomic E-state index is -0.134. The molecule has 1 aromatic carbocycles. The predicted molar refractivity (Wildman–Crippen MR) is 104 cm³/mol. The highest BCUT2D eigenvalue weighted by Gasteiger charge is 2.31. The van der Waals surface area contributed by atoms with Crippen molar-refractivity contribution in [3.8, 4) is 11.7 Å². The Morgan fingerprint density at radius 1 is 1.19 bits per heavy atom. The fraction of sp³-hybridized carbons (Fsp3) is 0.263. The highest BCUT2D eigenvalue weighted by Crippen LogP contribution is 2.44. The summed E-state index contributed by atoms with van der Waals surface area (Å²) in [6.45, 7) is 5.71. The Balaban J connectivity index is 1.91. The maximum atomic E-state index is 12.4. The van der Waals surface area contributed by atoms with Gasteiger partial charge in [0, 0.05) is 17.0 Å². The lowest BCUT2D eigenvalue weighted by Crippen LogP contribution is -2.17. The number of nitrogens with one attached hydrogen (secondary N) is 1. The van der Waals surface area contributed by atoms with Crippen LogP contribution >= 0.6 is 11.8 Å². The lowest BCUT2D eigenvalue weighted by atomic mass is 10.0. The molecular formula is C19H19N5O2S. The molecule has 2 N–H and O–H groups in total. The molecule has 138 valence electrons. The topological polar surface area (TPSA) is 92.9 Å². The number of thioether (sulfide) groups is 1. The van der Waals surface area contributed by atoms with Crippen LogP contribution in [0.1, 0.15) is 33.5 Å². The Bertz CT molecular complexity index is 1030. The minimum Gasteiger partial charge on any atom is -0.508 e. The molecule has 4 rings (SSSR count). The smallest absolute Gasteiger partial charge is 0.252 e. The molecule has 2 aromatic heterocycles. The van der Waals surface area contributed by atoms with Crippen LogP contribution in [-0.2, 0) is 4.79 Å². The third kappa shape index (κ3) is 3.28. The molecule has 0 aliphatic carbocycles. The molecule has 1 aliphatic rings. The van der Waals surface area contributed by atoms with Crippen molar-refractivity contribution < 1.29 is 9.90 Å². The number of rotatable bonds is 2. The molecule has 0 bridgehead atoms. The van der Waals surface area contributed by atoms with Gasteiger partial charge in [-0.15, -0.1) is 11.8 Å². The van der Waals surface area contributed by atoms with Crippen molar-refractivity contribution in [2.45, 2.75) is 26.0 Å². The molecule has 0 radical (unpaired) electrons. The lowest BCUT2D eigenvalue weighted by molar-refractivity contribution is -0.113. The third-order valence-corrected chi connectivity index (χ3v) is 5.61. The third-order valence-electron chi connectivity index (χ3n) is 4.34. The van der Waals surface area contributed by atoms with Crippen molar-refractivity contribution >= 4 is 23.5 Å². The zero-order valence-corrected chi connectivity index (χ0v) is 16.0. The summed E-state index contributed by atoms with van der Waals surface area (Å²) in [7, 11) is 0. The van der Waals surface area contributed by atoms with E-state index >= 15 is 0 Å². The lowest BCUT2D eigenvalue weighted by Gasteiger charge is -2.15. The van der Waals surface area contributed by atoms with Crippen LogP contribution in [0.25, 0.3) is 5.95 Å². The number of aryl methyl sites for hydroxylation is 3. The Labute approximate surface area is 160 Å². The number of carbonyl (C=O) groups excluding carboxylic acids is 1. The summed E-state index contributed by atoms with van der Waals surface area (Å²) in [6, 6.07) is 9.00. The normalized spacial score (nSPS) is 16.6. The standard InChI is InChI=1S/C19H19N5O2S/c1-10-7-11(2)21-19(20-10)24-18-16(12(3)23-24)17(27-9-15(26)22-18)13-5-4-6-14(25)8-13/h4-8,17,25H,9H2,1-3H3,(H,22,26)/t17-/m0/s1. The first-order valence-electron chi connectivity index (χ1n) is 8.55. The van der Waals surface area contributed by atoms with Crippen LogP contribution in [-0.4, -0.2) is 36.5 Å². The zero-order chi connectivity index (χ0) is 19.1. The van der Waals surface area contributed by atoms with Gasteiger partial charge in [-0.2, -0.15) is 9.78 Å². The number of hydrogen-bond acceptors (Lipinski definition) is 6. The molecule has 0 fully saturated rings. The summed E-state index contributed by atoms with van der Waals surface area (Å²) >= 11 is 1.51. The summed E-state index contributed by atoms with van der Waals surface area (Å²) in [5, 5.41) is 17.3. The second kappa shape index (κ2) is 6.70. The first-order chi connectivity index (χ1) is 12.9. The first kappa shape index (κ1) is 17.5. The van der Waals surface area contributed by atoms with Crippen LogP contribution < -0.4 is 5.32 Å². The molecule has 8 heteroatoms. The number of aromatic nitrogens is 4. The van der Waals surface area contributed by atoms with Crippen LogP contribution in [0.3, 0.4) is 0 Å². The summed E-state index contributed by atoms with van der Waals surface area (Å²) in [5.74, 6) is 1.41. The summed E-state index contributed by atoms with van der Waals surface area (Å²) < 4.78 is 1.60. The Hall–Kier alpha value is -2.87. The van der Waals surface area contributed by atoms with Crippen LogP contribution in [0.2, 0.25) is 0 Å². The van der Waals surface area contributed by atoms with Crippen molar-refractivity contribution in [3.05, 3.63) is 58.5 Å². The second-order valence-electron chi connectivity index (χ2n) is 6.54. The summed E-state index contributed by atoms with van der Waals surface area (Å²) in [6.07, 6.45) is 0. The maximum Gasteiger partial charge on any atom is 0.252 e.